The van der Waals surface area contributed by atoms with Gasteiger partial charge in [-0.15, -0.1) is 0 Å². The van der Waals surface area contributed by atoms with Crippen LogP contribution in [0.4, 0.5) is 5.69 Å². The summed E-state index contributed by atoms with van der Waals surface area (Å²) in [5.41, 5.74) is 2.57. The average Bonchev–Trinajstić information content (AvgIpc) is 2.84. The second-order valence-corrected chi connectivity index (χ2v) is 8.83. The highest BCUT2D eigenvalue weighted by molar-refractivity contribution is 5.58. The van der Waals surface area contributed by atoms with Crippen LogP contribution in [0.5, 0.6) is 11.5 Å². The van der Waals surface area contributed by atoms with Gasteiger partial charge in [0.25, 0.3) is 0 Å². The molecular weight excluding hydrogens is 388 g/mol. The molecule has 2 aliphatic rings. The standard InChI is InChI=1S/C26H36N2O3/c1-30-26-10-6-5-9-25(26)28-17-15-27(16-18-28)19-23(29)20-31-24-13-11-22(12-14-24)21-7-3-2-4-8-21/h5-6,9-14,21,23,29H,2-4,7-8,15-20H2,1H3/t23-/m1/s1. The first kappa shape index (κ1) is 22.0. The molecule has 0 unspecified atom stereocenters. The molecule has 1 saturated heterocycles. The minimum atomic E-state index is -0.490. The highest BCUT2D eigenvalue weighted by Gasteiger charge is 2.21. The zero-order chi connectivity index (χ0) is 21.5. The van der Waals surface area contributed by atoms with Gasteiger partial charge in [-0.2, -0.15) is 0 Å². The van der Waals surface area contributed by atoms with Crippen molar-refractivity contribution in [1.82, 2.24) is 4.90 Å². The number of β-amino-alcohol motifs (C(OH)–C–C–N with tert-alkyl or cyclic N) is 1. The lowest BCUT2D eigenvalue weighted by molar-refractivity contribution is 0.0662. The number of benzene rings is 2. The van der Waals surface area contributed by atoms with Crippen molar-refractivity contribution in [2.45, 2.75) is 44.1 Å². The second-order valence-electron chi connectivity index (χ2n) is 8.83. The molecule has 1 aliphatic heterocycles. The predicted octanol–water partition coefficient (Wildman–Crippen LogP) is 4.30. The smallest absolute Gasteiger partial charge is 0.142 e. The van der Waals surface area contributed by atoms with Crippen LogP contribution in [0.2, 0.25) is 0 Å². The number of aliphatic hydroxyl groups is 1. The summed E-state index contributed by atoms with van der Waals surface area (Å²) in [6, 6.07) is 16.7. The lowest BCUT2D eigenvalue weighted by atomic mass is 9.84. The number of piperazine rings is 1. The minimum Gasteiger partial charge on any atom is -0.495 e. The summed E-state index contributed by atoms with van der Waals surface area (Å²) < 4.78 is 11.4. The first-order valence-corrected chi connectivity index (χ1v) is 11.7. The quantitative estimate of drug-likeness (QED) is 0.684. The van der Waals surface area contributed by atoms with Crippen molar-refractivity contribution in [2.24, 2.45) is 0 Å². The average molecular weight is 425 g/mol. The molecule has 2 aromatic rings. The fourth-order valence-electron chi connectivity index (χ4n) is 4.88. The van der Waals surface area contributed by atoms with Gasteiger partial charge in [-0.3, -0.25) is 4.90 Å². The van der Waals surface area contributed by atoms with E-state index in [1.165, 1.54) is 37.7 Å². The summed E-state index contributed by atoms with van der Waals surface area (Å²) in [6.45, 7) is 4.67. The molecule has 0 aromatic heterocycles. The van der Waals surface area contributed by atoms with Crippen molar-refractivity contribution in [2.75, 3.05) is 51.3 Å². The zero-order valence-electron chi connectivity index (χ0n) is 18.7. The van der Waals surface area contributed by atoms with Crippen molar-refractivity contribution >= 4 is 5.69 Å². The van der Waals surface area contributed by atoms with Crippen molar-refractivity contribution in [3.8, 4) is 11.5 Å². The van der Waals surface area contributed by atoms with Crippen LogP contribution in [-0.2, 0) is 0 Å². The summed E-state index contributed by atoms with van der Waals surface area (Å²) in [5, 5.41) is 10.5. The van der Waals surface area contributed by atoms with Gasteiger partial charge >= 0.3 is 0 Å². The number of hydrogen-bond donors (Lipinski definition) is 1. The Morgan fingerprint density at radius 2 is 1.65 bits per heavy atom. The van der Waals surface area contributed by atoms with Gasteiger partial charge in [0, 0.05) is 32.7 Å². The monoisotopic (exact) mass is 424 g/mol. The van der Waals surface area contributed by atoms with Gasteiger partial charge in [-0.1, -0.05) is 43.5 Å². The summed E-state index contributed by atoms with van der Waals surface area (Å²) >= 11 is 0. The zero-order valence-corrected chi connectivity index (χ0v) is 18.7. The molecule has 0 radical (unpaired) electrons. The number of hydrogen-bond acceptors (Lipinski definition) is 5. The van der Waals surface area contributed by atoms with E-state index < -0.39 is 6.10 Å². The van der Waals surface area contributed by atoms with E-state index in [2.05, 4.69) is 40.1 Å². The summed E-state index contributed by atoms with van der Waals surface area (Å²) in [5.74, 6) is 2.47. The van der Waals surface area contributed by atoms with Crippen LogP contribution in [0.15, 0.2) is 48.5 Å². The summed E-state index contributed by atoms with van der Waals surface area (Å²) in [4.78, 5) is 4.66. The molecule has 4 rings (SSSR count). The first-order chi connectivity index (χ1) is 15.2. The van der Waals surface area contributed by atoms with Crippen molar-refractivity contribution in [1.29, 1.82) is 0 Å². The molecule has 0 bridgehead atoms. The van der Waals surface area contributed by atoms with Gasteiger partial charge in [0.15, 0.2) is 0 Å². The number of rotatable bonds is 8. The van der Waals surface area contributed by atoms with Crippen LogP contribution >= 0.6 is 0 Å². The van der Waals surface area contributed by atoms with Gasteiger partial charge in [-0.25, -0.2) is 0 Å². The number of para-hydroxylation sites is 2. The molecule has 168 valence electrons. The van der Waals surface area contributed by atoms with Crippen molar-refractivity contribution in [3.05, 3.63) is 54.1 Å². The Balaban J connectivity index is 1.19. The molecule has 0 spiro atoms. The highest BCUT2D eigenvalue weighted by atomic mass is 16.5. The fourth-order valence-corrected chi connectivity index (χ4v) is 4.88. The number of aliphatic hydroxyl groups excluding tert-OH is 1. The summed E-state index contributed by atoms with van der Waals surface area (Å²) in [7, 11) is 1.72. The van der Waals surface area contributed by atoms with E-state index in [9.17, 15) is 5.11 Å². The molecule has 1 N–H and O–H groups in total. The molecule has 1 aliphatic carbocycles. The van der Waals surface area contributed by atoms with Crippen LogP contribution in [0.25, 0.3) is 0 Å². The molecule has 2 fully saturated rings. The molecule has 5 nitrogen and oxygen atoms in total. The Morgan fingerprint density at radius 3 is 2.35 bits per heavy atom. The second kappa shape index (κ2) is 10.9. The third kappa shape index (κ3) is 5.92. The normalized spacial score (nSPS) is 19.2. The first-order valence-electron chi connectivity index (χ1n) is 11.7. The SMILES string of the molecule is COc1ccccc1N1CCN(C[C@@H](O)COc2ccc(C3CCCCC3)cc2)CC1. The minimum absolute atomic E-state index is 0.329. The van der Waals surface area contributed by atoms with E-state index in [0.717, 1.165) is 43.4 Å². The van der Waals surface area contributed by atoms with E-state index in [-0.39, 0.29) is 0 Å². The predicted molar refractivity (Wildman–Crippen MR) is 125 cm³/mol. The Morgan fingerprint density at radius 1 is 0.935 bits per heavy atom. The van der Waals surface area contributed by atoms with Gasteiger partial charge in [0.2, 0.25) is 0 Å². The van der Waals surface area contributed by atoms with Gasteiger partial charge in [0.1, 0.15) is 24.2 Å². The van der Waals surface area contributed by atoms with Crippen LogP contribution in [0, 0.1) is 0 Å². The molecule has 1 saturated carbocycles. The Kier molecular flexibility index (Phi) is 7.71. The highest BCUT2D eigenvalue weighted by Crippen LogP contribution is 2.33. The third-order valence-electron chi connectivity index (χ3n) is 6.67. The summed E-state index contributed by atoms with van der Waals surface area (Å²) in [6.07, 6.45) is 6.21. The van der Waals surface area contributed by atoms with E-state index in [0.29, 0.717) is 19.1 Å². The largest absolute Gasteiger partial charge is 0.495 e. The maximum Gasteiger partial charge on any atom is 0.142 e. The Bertz CT molecular complexity index is 797. The molecule has 5 heteroatoms. The molecular formula is C26H36N2O3. The van der Waals surface area contributed by atoms with Crippen LogP contribution in [-0.4, -0.2) is 62.6 Å². The lowest BCUT2D eigenvalue weighted by Gasteiger charge is -2.37. The van der Waals surface area contributed by atoms with Crippen LogP contribution in [0.1, 0.15) is 43.6 Å². The number of ether oxygens (including phenoxy) is 2. The molecule has 0 amide bonds. The molecule has 1 heterocycles. The van der Waals surface area contributed by atoms with Crippen LogP contribution in [0.3, 0.4) is 0 Å². The Labute approximate surface area is 186 Å². The molecule has 2 aromatic carbocycles. The van der Waals surface area contributed by atoms with Gasteiger partial charge in [0.05, 0.1) is 12.8 Å². The van der Waals surface area contributed by atoms with Crippen LogP contribution < -0.4 is 14.4 Å². The number of methoxy groups -OCH3 is 1. The maximum atomic E-state index is 10.5. The molecule has 1 atom stereocenters. The number of anilines is 1. The lowest BCUT2D eigenvalue weighted by Crippen LogP contribution is -2.49. The molecule has 31 heavy (non-hydrogen) atoms. The third-order valence-corrected chi connectivity index (χ3v) is 6.67. The van der Waals surface area contributed by atoms with E-state index >= 15 is 0 Å². The van der Waals surface area contributed by atoms with Gasteiger partial charge < -0.3 is 19.5 Å². The van der Waals surface area contributed by atoms with Crippen molar-refractivity contribution in [3.63, 3.8) is 0 Å². The Hall–Kier alpha value is -2.24. The van der Waals surface area contributed by atoms with Crippen molar-refractivity contribution < 1.29 is 14.6 Å². The number of nitrogens with zero attached hydrogens (tertiary/aromatic N) is 2. The van der Waals surface area contributed by atoms with Gasteiger partial charge in [-0.05, 0) is 48.6 Å². The van der Waals surface area contributed by atoms with E-state index in [1.54, 1.807) is 7.11 Å². The fraction of sp³-hybridized carbons (Fsp3) is 0.538. The van der Waals surface area contributed by atoms with E-state index in [1.807, 2.05) is 18.2 Å². The van der Waals surface area contributed by atoms with E-state index in [4.69, 9.17) is 9.47 Å². The topological polar surface area (TPSA) is 45.2 Å². The maximum absolute atomic E-state index is 10.5.